The highest BCUT2D eigenvalue weighted by Crippen LogP contribution is 2.30. The van der Waals surface area contributed by atoms with E-state index < -0.39 is 29.0 Å². The number of rotatable bonds is 6. The third kappa shape index (κ3) is 3.89. The molecule has 1 fully saturated rings. The summed E-state index contributed by atoms with van der Waals surface area (Å²) >= 11 is 1.05. The second kappa shape index (κ2) is 7.28. The molecule has 1 aliphatic rings. The summed E-state index contributed by atoms with van der Waals surface area (Å²) < 4.78 is 4.78. The van der Waals surface area contributed by atoms with E-state index in [0.717, 1.165) is 16.7 Å². The Bertz CT molecular complexity index is 659. The van der Waals surface area contributed by atoms with Crippen molar-refractivity contribution in [2.45, 2.75) is 18.6 Å². The number of esters is 1. The molecule has 0 aromatic heterocycles. The third-order valence-electron chi connectivity index (χ3n) is 3.16. The first-order chi connectivity index (χ1) is 10.9. The third-order valence-corrected chi connectivity index (χ3v) is 4.34. The van der Waals surface area contributed by atoms with Gasteiger partial charge in [-0.1, -0.05) is 6.07 Å². The van der Waals surface area contributed by atoms with Crippen LogP contribution < -0.4 is 4.90 Å². The minimum Gasteiger partial charge on any atom is -0.478 e. The number of nitrogens with zero attached hydrogens (tertiary/aromatic N) is 1. The number of anilines is 1. The van der Waals surface area contributed by atoms with E-state index in [4.69, 9.17) is 9.84 Å². The van der Waals surface area contributed by atoms with Gasteiger partial charge in [0.2, 0.25) is 11.8 Å². The smallest absolute Gasteiger partial charge is 0.335 e. The first-order valence-corrected chi connectivity index (χ1v) is 7.96. The molecular weight excluding hydrogens is 322 g/mol. The summed E-state index contributed by atoms with van der Waals surface area (Å²) in [5, 5.41) is 8.32. The molecule has 0 spiro atoms. The standard InChI is InChI=1S/C15H15NO6S/c1-2-22-13(18)8-23-11-7-12(17)16(14(11)19)10-5-3-4-9(6-10)15(20)21/h3-6,11H,2,7-8H2,1H3,(H,20,21)/t11-/m0/s1. The van der Waals surface area contributed by atoms with Crippen molar-refractivity contribution in [1.29, 1.82) is 0 Å². The Morgan fingerprint density at radius 2 is 2.13 bits per heavy atom. The van der Waals surface area contributed by atoms with Gasteiger partial charge in [0.25, 0.3) is 0 Å². The predicted octanol–water partition coefficient (Wildman–Crippen LogP) is 1.31. The molecule has 122 valence electrons. The molecule has 1 atom stereocenters. The highest BCUT2D eigenvalue weighted by molar-refractivity contribution is 8.01. The number of carboxylic acid groups (broad SMARTS) is 1. The van der Waals surface area contributed by atoms with Gasteiger partial charge in [-0.25, -0.2) is 9.69 Å². The monoisotopic (exact) mass is 337 g/mol. The highest BCUT2D eigenvalue weighted by atomic mass is 32.2. The number of amides is 2. The molecule has 2 rings (SSSR count). The summed E-state index contributed by atoms with van der Waals surface area (Å²) in [5.41, 5.74) is 0.213. The fourth-order valence-corrected chi connectivity index (χ4v) is 3.08. The largest absolute Gasteiger partial charge is 0.478 e. The van der Waals surface area contributed by atoms with Crippen LogP contribution in [0.1, 0.15) is 23.7 Å². The fourth-order valence-electron chi connectivity index (χ4n) is 2.15. The molecule has 1 aromatic rings. The summed E-state index contributed by atoms with van der Waals surface area (Å²) in [6, 6.07) is 5.62. The van der Waals surface area contributed by atoms with Crippen LogP contribution in [0.15, 0.2) is 24.3 Å². The Labute approximate surface area is 136 Å². The molecule has 0 radical (unpaired) electrons. The highest BCUT2D eigenvalue weighted by Gasteiger charge is 2.40. The molecule has 0 unspecified atom stereocenters. The van der Waals surface area contributed by atoms with Gasteiger partial charge in [0.1, 0.15) is 0 Å². The minimum atomic E-state index is -1.14. The summed E-state index contributed by atoms with van der Waals surface area (Å²) in [6.45, 7) is 1.94. The topological polar surface area (TPSA) is 101 Å². The zero-order valence-corrected chi connectivity index (χ0v) is 13.2. The number of hydrogen-bond acceptors (Lipinski definition) is 6. The molecule has 0 aliphatic carbocycles. The lowest BCUT2D eigenvalue weighted by atomic mass is 10.2. The molecule has 1 saturated heterocycles. The van der Waals surface area contributed by atoms with Crippen molar-refractivity contribution in [1.82, 2.24) is 0 Å². The fraction of sp³-hybridized carbons (Fsp3) is 0.333. The van der Waals surface area contributed by atoms with Crippen molar-refractivity contribution in [3.8, 4) is 0 Å². The normalized spacial score (nSPS) is 17.4. The van der Waals surface area contributed by atoms with Crippen molar-refractivity contribution in [2.24, 2.45) is 0 Å². The number of carbonyl (C=O) groups excluding carboxylic acids is 3. The maximum atomic E-state index is 12.4. The lowest BCUT2D eigenvalue weighted by Gasteiger charge is -2.15. The van der Waals surface area contributed by atoms with Crippen LogP contribution in [-0.4, -0.2) is 46.5 Å². The van der Waals surface area contributed by atoms with E-state index in [9.17, 15) is 19.2 Å². The van der Waals surface area contributed by atoms with Crippen LogP contribution in [-0.2, 0) is 19.1 Å². The van der Waals surface area contributed by atoms with Crippen molar-refractivity contribution < 1.29 is 29.0 Å². The van der Waals surface area contributed by atoms with Crippen molar-refractivity contribution in [3.63, 3.8) is 0 Å². The van der Waals surface area contributed by atoms with Crippen LogP contribution in [0.3, 0.4) is 0 Å². The van der Waals surface area contributed by atoms with E-state index in [-0.39, 0.29) is 30.0 Å². The zero-order chi connectivity index (χ0) is 17.0. The molecule has 23 heavy (non-hydrogen) atoms. The van der Waals surface area contributed by atoms with Crippen molar-refractivity contribution >= 4 is 41.2 Å². The zero-order valence-electron chi connectivity index (χ0n) is 12.4. The molecule has 0 saturated carbocycles. The molecule has 1 N–H and O–H groups in total. The molecule has 1 heterocycles. The number of aromatic carboxylic acids is 1. The van der Waals surface area contributed by atoms with Gasteiger partial charge in [-0.3, -0.25) is 14.4 Å². The molecule has 7 nitrogen and oxygen atoms in total. The van der Waals surface area contributed by atoms with E-state index >= 15 is 0 Å². The van der Waals surface area contributed by atoms with Gasteiger partial charge >= 0.3 is 11.9 Å². The quantitative estimate of drug-likeness (QED) is 0.617. The average Bonchev–Trinajstić information content (AvgIpc) is 2.80. The lowest BCUT2D eigenvalue weighted by molar-refractivity contribution is -0.139. The van der Waals surface area contributed by atoms with Crippen molar-refractivity contribution in [3.05, 3.63) is 29.8 Å². The van der Waals surface area contributed by atoms with E-state index in [1.54, 1.807) is 6.92 Å². The molecular formula is C15H15NO6S. The Balaban J connectivity index is 2.11. The van der Waals surface area contributed by atoms with E-state index in [1.165, 1.54) is 24.3 Å². The molecule has 0 bridgehead atoms. The van der Waals surface area contributed by atoms with E-state index in [0.29, 0.717) is 0 Å². The van der Waals surface area contributed by atoms with Gasteiger partial charge in [0, 0.05) is 6.42 Å². The Morgan fingerprint density at radius 3 is 2.78 bits per heavy atom. The van der Waals surface area contributed by atoms with Crippen LogP contribution in [0, 0.1) is 0 Å². The summed E-state index contributed by atoms with van der Waals surface area (Å²) in [4.78, 5) is 47.7. The number of carbonyl (C=O) groups is 4. The predicted molar refractivity (Wildman–Crippen MR) is 83.4 cm³/mol. The SMILES string of the molecule is CCOC(=O)CS[C@H]1CC(=O)N(c2cccc(C(=O)O)c2)C1=O. The summed E-state index contributed by atoms with van der Waals surface area (Å²) in [6.07, 6.45) is -0.0276. The summed E-state index contributed by atoms with van der Waals surface area (Å²) in [5.74, 6) is -2.46. The van der Waals surface area contributed by atoms with Crippen LogP contribution >= 0.6 is 11.8 Å². The minimum absolute atomic E-state index is 0.00859. The second-order valence-corrected chi connectivity index (χ2v) is 5.92. The number of ether oxygens (including phenoxy) is 1. The van der Waals surface area contributed by atoms with Gasteiger partial charge in [0.15, 0.2) is 0 Å². The van der Waals surface area contributed by atoms with Gasteiger partial charge in [0.05, 0.1) is 28.9 Å². The van der Waals surface area contributed by atoms with Crippen LogP contribution in [0.4, 0.5) is 5.69 Å². The van der Waals surface area contributed by atoms with Gasteiger partial charge in [-0.2, -0.15) is 0 Å². The lowest BCUT2D eigenvalue weighted by Crippen LogP contribution is -2.31. The first kappa shape index (κ1) is 17.0. The number of hydrogen-bond donors (Lipinski definition) is 1. The number of benzene rings is 1. The van der Waals surface area contributed by atoms with Crippen LogP contribution in [0.5, 0.6) is 0 Å². The van der Waals surface area contributed by atoms with Gasteiger partial charge < -0.3 is 9.84 Å². The Kier molecular flexibility index (Phi) is 5.38. The van der Waals surface area contributed by atoms with Gasteiger partial charge in [-0.15, -0.1) is 11.8 Å². The van der Waals surface area contributed by atoms with Crippen LogP contribution in [0.25, 0.3) is 0 Å². The average molecular weight is 337 g/mol. The molecule has 8 heteroatoms. The molecule has 2 amide bonds. The van der Waals surface area contributed by atoms with E-state index in [2.05, 4.69) is 0 Å². The maximum absolute atomic E-state index is 12.4. The van der Waals surface area contributed by atoms with Crippen molar-refractivity contribution in [2.75, 3.05) is 17.3 Å². The summed E-state index contributed by atoms with van der Waals surface area (Å²) in [7, 11) is 0. The second-order valence-electron chi connectivity index (χ2n) is 4.73. The van der Waals surface area contributed by atoms with Crippen LogP contribution in [0.2, 0.25) is 0 Å². The maximum Gasteiger partial charge on any atom is 0.335 e. The van der Waals surface area contributed by atoms with Gasteiger partial charge in [-0.05, 0) is 25.1 Å². The van der Waals surface area contributed by atoms with E-state index in [1.807, 2.05) is 0 Å². The molecule has 1 aliphatic heterocycles. The Morgan fingerprint density at radius 1 is 1.39 bits per heavy atom. The Hall–Kier alpha value is -2.35. The first-order valence-electron chi connectivity index (χ1n) is 6.91. The number of thioether (sulfide) groups is 1. The number of imide groups is 1. The molecule has 1 aromatic carbocycles. The number of carboxylic acids is 1.